The molecule has 4 aromatic carbocycles. The minimum atomic E-state index is -1.31. The molecule has 2 aliphatic rings. The molecule has 2 amide bonds. The molecule has 0 spiro atoms. The normalized spacial score (nSPS) is 21.5. The summed E-state index contributed by atoms with van der Waals surface area (Å²) in [5.74, 6) is -1.55. The zero-order valence-corrected chi connectivity index (χ0v) is 23.4. The Morgan fingerprint density at radius 2 is 1.67 bits per heavy atom. The third-order valence-electron chi connectivity index (χ3n) is 8.34. The van der Waals surface area contributed by atoms with Crippen molar-refractivity contribution in [2.24, 2.45) is 5.92 Å². The molecule has 1 fully saturated rings. The lowest BCUT2D eigenvalue weighted by Gasteiger charge is -2.43. The Kier molecular flexibility index (Phi) is 7.13. The lowest BCUT2D eigenvalue weighted by molar-refractivity contribution is -0.138. The maximum Gasteiger partial charge on any atom is 0.260 e. The highest BCUT2D eigenvalue weighted by molar-refractivity contribution is 6.12. The topological polar surface area (TPSA) is 78.9 Å². The molecule has 42 heavy (non-hydrogen) atoms. The fourth-order valence-electron chi connectivity index (χ4n) is 6.32. The van der Waals surface area contributed by atoms with Crippen molar-refractivity contribution >= 4 is 17.5 Å². The van der Waals surface area contributed by atoms with E-state index in [9.17, 15) is 14.7 Å². The van der Waals surface area contributed by atoms with Crippen LogP contribution >= 0.6 is 0 Å². The minimum absolute atomic E-state index is 0.0144. The van der Waals surface area contributed by atoms with Gasteiger partial charge in [-0.05, 0) is 48.2 Å². The Balaban J connectivity index is 1.44. The molecule has 1 aliphatic heterocycles. The van der Waals surface area contributed by atoms with Crippen LogP contribution in [0.4, 0.5) is 5.69 Å². The maximum absolute atomic E-state index is 14.7. The highest BCUT2D eigenvalue weighted by Crippen LogP contribution is 2.58. The van der Waals surface area contributed by atoms with Crippen molar-refractivity contribution in [2.75, 3.05) is 5.43 Å². The molecule has 4 aromatic rings. The number of benzene rings is 4. The zero-order valence-electron chi connectivity index (χ0n) is 23.4. The summed E-state index contributed by atoms with van der Waals surface area (Å²) in [6.45, 7) is 6.38. The molecule has 1 aliphatic carbocycles. The molecule has 6 rings (SSSR count). The molecule has 0 unspecified atom stereocenters. The highest BCUT2D eigenvalue weighted by atomic mass is 16.5. The van der Waals surface area contributed by atoms with Crippen LogP contribution in [0.5, 0.6) is 11.5 Å². The van der Waals surface area contributed by atoms with E-state index in [1.165, 1.54) is 0 Å². The molecule has 2 N–H and O–H groups in total. The van der Waals surface area contributed by atoms with Crippen molar-refractivity contribution in [1.82, 2.24) is 5.01 Å². The van der Waals surface area contributed by atoms with E-state index in [-0.39, 0.29) is 17.6 Å². The Hall–Kier alpha value is -5.10. The predicted octanol–water partition coefficient (Wildman–Crippen LogP) is 6.83. The monoisotopic (exact) mass is 556 g/mol. The average molecular weight is 557 g/mol. The smallest absolute Gasteiger partial charge is 0.260 e. The number of anilines is 1. The molecule has 3 atom stereocenters. The standard InChI is InChI=1S/C36H32N2O4/c1-3-26-16-21-31-34(40)38(37-28-17-14-24(2)15-18-28)35(41)36(31,27-12-8-5-9-13-27)33(26)30-20-19-29(22-32(30)39)42-23-25-10-6-4-7-11-25/h3-20,22,31,33,37,39H,1,21,23H2,2H3/t31-,33+,36+/m0/s1. The van der Waals surface area contributed by atoms with E-state index < -0.39 is 17.3 Å². The molecule has 0 bridgehead atoms. The van der Waals surface area contributed by atoms with Crippen molar-refractivity contribution in [3.05, 3.63) is 150 Å². The summed E-state index contributed by atoms with van der Waals surface area (Å²) in [6, 6.07) is 31.9. The van der Waals surface area contributed by atoms with Gasteiger partial charge in [-0.15, -0.1) is 0 Å². The number of hydrazine groups is 1. The van der Waals surface area contributed by atoms with Gasteiger partial charge in [-0.1, -0.05) is 103 Å². The first-order valence-electron chi connectivity index (χ1n) is 14.0. The summed E-state index contributed by atoms with van der Waals surface area (Å²) in [7, 11) is 0. The molecule has 0 saturated carbocycles. The summed E-state index contributed by atoms with van der Waals surface area (Å²) < 4.78 is 5.96. The first kappa shape index (κ1) is 27.1. The number of amides is 2. The first-order valence-corrected chi connectivity index (χ1v) is 14.0. The van der Waals surface area contributed by atoms with E-state index in [1.807, 2.05) is 97.9 Å². The second-order valence-corrected chi connectivity index (χ2v) is 10.8. The van der Waals surface area contributed by atoms with Gasteiger partial charge >= 0.3 is 0 Å². The number of hydrogen-bond donors (Lipinski definition) is 2. The average Bonchev–Trinajstić information content (AvgIpc) is 3.24. The largest absolute Gasteiger partial charge is 0.508 e. The van der Waals surface area contributed by atoms with E-state index in [0.29, 0.717) is 35.6 Å². The van der Waals surface area contributed by atoms with E-state index in [0.717, 1.165) is 21.7 Å². The molecule has 1 heterocycles. The Labute approximate surface area is 245 Å². The van der Waals surface area contributed by atoms with Gasteiger partial charge < -0.3 is 9.84 Å². The molecular weight excluding hydrogens is 524 g/mol. The van der Waals surface area contributed by atoms with Gasteiger partial charge in [0.1, 0.15) is 18.1 Å². The second-order valence-electron chi connectivity index (χ2n) is 10.8. The fraction of sp³-hybridized carbons (Fsp3) is 0.167. The van der Waals surface area contributed by atoms with Crippen LogP contribution in [0, 0.1) is 12.8 Å². The number of phenols is 1. The van der Waals surface area contributed by atoms with Crippen molar-refractivity contribution in [1.29, 1.82) is 0 Å². The molecule has 0 aromatic heterocycles. The number of carbonyl (C=O) groups is 2. The number of aromatic hydroxyl groups is 1. The summed E-state index contributed by atoms with van der Waals surface area (Å²) in [5, 5.41) is 12.6. The molecular formula is C36H32N2O4. The van der Waals surface area contributed by atoms with Crippen LogP contribution in [0.15, 0.2) is 127 Å². The van der Waals surface area contributed by atoms with Crippen LogP contribution in [0.25, 0.3) is 0 Å². The third-order valence-corrected chi connectivity index (χ3v) is 8.34. The molecule has 0 radical (unpaired) electrons. The second kappa shape index (κ2) is 11.1. The van der Waals surface area contributed by atoms with Gasteiger partial charge in [-0.2, -0.15) is 5.01 Å². The van der Waals surface area contributed by atoms with E-state index in [1.54, 1.807) is 24.3 Å². The van der Waals surface area contributed by atoms with Gasteiger partial charge in [0, 0.05) is 17.5 Å². The number of carbonyl (C=O) groups excluding carboxylic acids is 2. The predicted molar refractivity (Wildman–Crippen MR) is 163 cm³/mol. The van der Waals surface area contributed by atoms with Gasteiger partial charge in [0.25, 0.3) is 11.8 Å². The minimum Gasteiger partial charge on any atom is -0.508 e. The number of fused-ring (bicyclic) bond motifs is 1. The first-order chi connectivity index (χ1) is 20.4. The van der Waals surface area contributed by atoms with Crippen LogP contribution < -0.4 is 10.2 Å². The van der Waals surface area contributed by atoms with Gasteiger partial charge in [0.15, 0.2) is 0 Å². The van der Waals surface area contributed by atoms with Crippen LogP contribution in [0.3, 0.4) is 0 Å². The number of nitrogens with zero attached hydrogens (tertiary/aromatic N) is 1. The highest BCUT2D eigenvalue weighted by Gasteiger charge is 2.66. The summed E-state index contributed by atoms with van der Waals surface area (Å²) >= 11 is 0. The van der Waals surface area contributed by atoms with Crippen molar-refractivity contribution in [2.45, 2.75) is 31.3 Å². The third kappa shape index (κ3) is 4.55. The number of hydrogen-bond acceptors (Lipinski definition) is 5. The Bertz CT molecular complexity index is 1660. The number of imide groups is 1. The molecule has 1 saturated heterocycles. The molecule has 6 heteroatoms. The zero-order chi connectivity index (χ0) is 29.3. The maximum atomic E-state index is 14.7. The number of aryl methyl sites for hydroxylation is 1. The van der Waals surface area contributed by atoms with Crippen molar-refractivity contribution < 1.29 is 19.4 Å². The Morgan fingerprint density at radius 3 is 2.33 bits per heavy atom. The summed E-state index contributed by atoms with van der Waals surface area (Å²) in [4.78, 5) is 28.7. The van der Waals surface area contributed by atoms with Crippen molar-refractivity contribution in [3.8, 4) is 11.5 Å². The van der Waals surface area contributed by atoms with Crippen LogP contribution in [-0.4, -0.2) is 21.9 Å². The van der Waals surface area contributed by atoms with E-state index >= 15 is 0 Å². The van der Waals surface area contributed by atoms with Crippen LogP contribution in [0.2, 0.25) is 0 Å². The number of ether oxygens (including phenoxy) is 1. The number of nitrogens with one attached hydrogen (secondary N) is 1. The fourth-order valence-corrected chi connectivity index (χ4v) is 6.32. The van der Waals surface area contributed by atoms with Crippen LogP contribution in [0.1, 0.15) is 34.6 Å². The lowest BCUT2D eigenvalue weighted by atomic mass is 9.56. The number of phenolic OH excluding ortho intramolecular Hbond substituents is 1. The quantitative estimate of drug-likeness (QED) is 0.233. The molecule has 6 nitrogen and oxygen atoms in total. The molecule has 210 valence electrons. The number of rotatable bonds is 8. The van der Waals surface area contributed by atoms with Crippen molar-refractivity contribution in [3.63, 3.8) is 0 Å². The Morgan fingerprint density at radius 1 is 0.976 bits per heavy atom. The van der Waals surface area contributed by atoms with Gasteiger partial charge in [-0.25, -0.2) is 0 Å². The van der Waals surface area contributed by atoms with E-state index in [4.69, 9.17) is 4.74 Å². The van der Waals surface area contributed by atoms with E-state index in [2.05, 4.69) is 12.0 Å². The van der Waals surface area contributed by atoms with Gasteiger partial charge in [0.05, 0.1) is 17.0 Å². The lowest BCUT2D eigenvalue weighted by Crippen LogP contribution is -2.48. The van der Waals surface area contributed by atoms with Gasteiger partial charge in [0.2, 0.25) is 0 Å². The SMILES string of the molecule is C=CC1=CC[C@H]2C(=O)N(Nc3ccc(C)cc3)C(=O)[C@@]2(c2ccccc2)[C@H]1c1ccc(OCc2ccccc2)cc1O. The summed E-state index contributed by atoms with van der Waals surface area (Å²) in [6.07, 6.45) is 4.05. The van der Waals surface area contributed by atoms with Crippen LogP contribution in [-0.2, 0) is 21.6 Å². The summed E-state index contributed by atoms with van der Waals surface area (Å²) in [5.41, 5.74) is 6.51. The van der Waals surface area contributed by atoms with Gasteiger partial charge in [-0.3, -0.25) is 15.0 Å². The number of allylic oxidation sites excluding steroid dienone is 3.